The predicted molar refractivity (Wildman–Crippen MR) is 100 cm³/mol. The van der Waals surface area contributed by atoms with Crippen molar-refractivity contribution in [3.05, 3.63) is 90.0 Å². The van der Waals surface area contributed by atoms with Gasteiger partial charge in [0.15, 0.2) is 0 Å². The molecule has 0 unspecified atom stereocenters. The summed E-state index contributed by atoms with van der Waals surface area (Å²) in [5, 5.41) is 3.05. The molecule has 0 fully saturated rings. The second kappa shape index (κ2) is 7.60. The van der Waals surface area contributed by atoms with E-state index in [-0.39, 0.29) is 5.91 Å². The van der Waals surface area contributed by atoms with Gasteiger partial charge >= 0.3 is 0 Å². The first-order valence-electron chi connectivity index (χ1n) is 8.22. The molecule has 0 heterocycles. The lowest BCUT2D eigenvalue weighted by Gasteiger charge is -2.11. The van der Waals surface area contributed by atoms with E-state index >= 15 is 0 Å². The summed E-state index contributed by atoms with van der Waals surface area (Å²) in [5.41, 5.74) is 5.43. The van der Waals surface area contributed by atoms with E-state index < -0.39 is 0 Å². The molecule has 0 radical (unpaired) electrons. The Labute approximate surface area is 143 Å². The highest BCUT2D eigenvalue weighted by atomic mass is 16.1. The molecule has 0 atom stereocenters. The maximum atomic E-state index is 12.3. The summed E-state index contributed by atoms with van der Waals surface area (Å²) in [4.78, 5) is 12.3. The molecule has 1 amide bonds. The first-order chi connectivity index (χ1) is 11.7. The van der Waals surface area contributed by atoms with Crippen LogP contribution in [0.2, 0.25) is 0 Å². The van der Waals surface area contributed by atoms with Crippen LogP contribution in [0.1, 0.15) is 17.5 Å². The van der Waals surface area contributed by atoms with Gasteiger partial charge < -0.3 is 5.32 Å². The van der Waals surface area contributed by atoms with Gasteiger partial charge in [0.2, 0.25) is 5.91 Å². The second-order valence-corrected chi connectivity index (χ2v) is 5.95. The molecule has 24 heavy (non-hydrogen) atoms. The molecular formula is C22H21NO. The van der Waals surface area contributed by atoms with Gasteiger partial charge in [-0.1, -0.05) is 78.4 Å². The van der Waals surface area contributed by atoms with Gasteiger partial charge in [0.1, 0.15) is 0 Å². The Morgan fingerprint density at radius 1 is 0.833 bits per heavy atom. The number of amides is 1. The number of anilines is 1. The Kier molecular flexibility index (Phi) is 5.07. The third-order valence-corrected chi connectivity index (χ3v) is 4.05. The van der Waals surface area contributed by atoms with E-state index in [2.05, 4.69) is 48.6 Å². The normalized spacial score (nSPS) is 10.4. The van der Waals surface area contributed by atoms with Crippen LogP contribution in [0, 0.1) is 6.92 Å². The van der Waals surface area contributed by atoms with Crippen molar-refractivity contribution in [2.75, 3.05) is 5.32 Å². The van der Waals surface area contributed by atoms with Gasteiger partial charge in [0.25, 0.3) is 0 Å². The number of hydrogen-bond donors (Lipinski definition) is 1. The van der Waals surface area contributed by atoms with Crippen LogP contribution in [0.15, 0.2) is 78.9 Å². The lowest BCUT2D eigenvalue weighted by molar-refractivity contribution is -0.116. The molecule has 0 aliphatic carbocycles. The Morgan fingerprint density at radius 2 is 1.50 bits per heavy atom. The van der Waals surface area contributed by atoms with Gasteiger partial charge in [-0.3, -0.25) is 4.79 Å². The molecule has 0 aliphatic rings. The van der Waals surface area contributed by atoms with E-state index in [1.54, 1.807) is 0 Å². The lowest BCUT2D eigenvalue weighted by atomic mass is 10.0. The molecule has 2 nitrogen and oxygen atoms in total. The molecule has 0 saturated carbocycles. The van der Waals surface area contributed by atoms with Crippen LogP contribution in [-0.4, -0.2) is 5.91 Å². The summed E-state index contributed by atoms with van der Waals surface area (Å²) in [5.74, 6) is 0.0407. The number of rotatable bonds is 5. The van der Waals surface area contributed by atoms with E-state index in [4.69, 9.17) is 0 Å². The highest BCUT2D eigenvalue weighted by molar-refractivity contribution is 5.95. The molecule has 3 aromatic rings. The Morgan fingerprint density at radius 3 is 2.25 bits per heavy atom. The predicted octanol–water partition coefficient (Wildman–Crippen LogP) is 5.23. The Hall–Kier alpha value is -2.87. The zero-order valence-corrected chi connectivity index (χ0v) is 13.8. The summed E-state index contributed by atoms with van der Waals surface area (Å²) in [6.07, 6.45) is 1.23. The van der Waals surface area contributed by atoms with Gasteiger partial charge in [0.05, 0.1) is 0 Å². The maximum absolute atomic E-state index is 12.3. The van der Waals surface area contributed by atoms with Crippen LogP contribution in [0.3, 0.4) is 0 Å². The number of benzene rings is 3. The van der Waals surface area contributed by atoms with Crippen LogP contribution >= 0.6 is 0 Å². The molecule has 0 aliphatic heterocycles. The average molecular weight is 315 g/mol. The van der Waals surface area contributed by atoms with Crippen molar-refractivity contribution in [2.24, 2.45) is 0 Å². The van der Waals surface area contributed by atoms with Gasteiger partial charge in [-0.25, -0.2) is 0 Å². The average Bonchev–Trinajstić information content (AvgIpc) is 2.62. The Bertz CT molecular complexity index is 807. The van der Waals surface area contributed by atoms with Crippen LogP contribution in [-0.2, 0) is 11.2 Å². The van der Waals surface area contributed by atoms with E-state index in [0.717, 1.165) is 23.2 Å². The molecule has 3 rings (SSSR count). The van der Waals surface area contributed by atoms with Crippen molar-refractivity contribution in [1.29, 1.82) is 0 Å². The van der Waals surface area contributed by atoms with Crippen molar-refractivity contribution in [1.82, 2.24) is 0 Å². The molecule has 1 N–H and O–H groups in total. The number of aryl methyl sites for hydroxylation is 2. The molecule has 0 bridgehead atoms. The number of nitrogens with one attached hydrogen (secondary N) is 1. The second-order valence-electron chi connectivity index (χ2n) is 5.95. The minimum atomic E-state index is 0.0407. The first-order valence-corrected chi connectivity index (χ1v) is 8.22. The summed E-state index contributed by atoms with van der Waals surface area (Å²) < 4.78 is 0. The fourth-order valence-corrected chi connectivity index (χ4v) is 2.69. The van der Waals surface area contributed by atoms with Crippen molar-refractivity contribution < 1.29 is 4.79 Å². The highest BCUT2D eigenvalue weighted by Crippen LogP contribution is 2.27. The zero-order valence-electron chi connectivity index (χ0n) is 13.8. The van der Waals surface area contributed by atoms with Crippen LogP contribution < -0.4 is 5.32 Å². The SMILES string of the molecule is Cc1ccc(CCC(=O)Nc2ccccc2-c2ccccc2)cc1. The van der Waals surface area contributed by atoms with Gasteiger partial charge in [0, 0.05) is 17.7 Å². The van der Waals surface area contributed by atoms with Crippen molar-refractivity contribution in [3.8, 4) is 11.1 Å². The zero-order chi connectivity index (χ0) is 16.8. The van der Waals surface area contributed by atoms with Crippen molar-refractivity contribution in [2.45, 2.75) is 19.8 Å². The number of hydrogen-bond acceptors (Lipinski definition) is 1. The topological polar surface area (TPSA) is 29.1 Å². The number of carbonyl (C=O) groups excluding carboxylic acids is 1. The highest BCUT2D eigenvalue weighted by Gasteiger charge is 2.08. The fourth-order valence-electron chi connectivity index (χ4n) is 2.69. The summed E-state index contributed by atoms with van der Waals surface area (Å²) >= 11 is 0. The molecule has 0 saturated heterocycles. The summed E-state index contributed by atoms with van der Waals surface area (Å²) in [7, 11) is 0. The fraction of sp³-hybridized carbons (Fsp3) is 0.136. The monoisotopic (exact) mass is 315 g/mol. The molecular weight excluding hydrogens is 294 g/mol. The van der Waals surface area contributed by atoms with E-state index in [1.807, 2.05) is 42.5 Å². The van der Waals surface area contributed by atoms with E-state index in [1.165, 1.54) is 11.1 Å². The summed E-state index contributed by atoms with van der Waals surface area (Å²) in [6, 6.07) is 26.4. The van der Waals surface area contributed by atoms with Crippen LogP contribution in [0.25, 0.3) is 11.1 Å². The molecule has 3 aromatic carbocycles. The van der Waals surface area contributed by atoms with Gasteiger partial charge in [-0.15, -0.1) is 0 Å². The van der Waals surface area contributed by atoms with Gasteiger partial charge in [-0.2, -0.15) is 0 Å². The van der Waals surface area contributed by atoms with Crippen LogP contribution in [0.5, 0.6) is 0 Å². The van der Waals surface area contributed by atoms with Crippen LogP contribution in [0.4, 0.5) is 5.69 Å². The largest absolute Gasteiger partial charge is 0.326 e. The standard InChI is InChI=1S/C22H21NO/c1-17-11-13-18(14-12-17)15-16-22(24)23-21-10-6-5-9-20(21)19-7-3-2-4-8-19/h2-14H,15-16H2,1H3,(H,23,24). The number of carbonyl (C=O) groups is 1. The smallest absolute Gasteiger partial charge is 0.224 e. The molecule has 0 aromatic heterocycles. The number of para-hydroxylation sites is 1. The van der Waals surface area contributed by atoms with Crippen molar-refractivity contribution in [3.63, 3.8) is 0 Å². The Balaban J connectivity index is 1.67. The third kappa shape index (κ3) is 4.11. The van der Waals surface area contributed by atoms with Crippen molar-refractivity contribution >= 4 is 11.6 Å². The maximum Gasteiger partial charge on any atom is 0.224 e. The lowest BCUT2D eigenvalue weighted by Crippen LogP contribution is -2.13. The first kappa shape index (κ1) is 16.0. The van der Waals surface area contributed by atoms with Gasteiger partial charge in [-0.05, 0) is 30.5 Å². The van der Waals surface area contributed by atoms with E-state index in [9.17, 15) is 4.79 Å². The molecule has 120 valence electrons. The molecule has 2 heteroatoms. The minimum absolute atomic E-state index is 0.0407. The minimum Gasteiger partial charge on any atom is -0.326 e. The quantitative estimate of drug-likeness (QED) is 0.686. The molecule has 0 spiro atoms. The third-order valence-electron chi connectivity index (χ3n) is 4.05. The summed E-state index contributed by atoms with van der Waals surface area (Å²) in [6.45, 7) is 2.07. The van der Waals surface area contributed by atoms with E-state index in [0.29, 0.717) is 6.42 Å².